The molecule has 1 aromatic carbocycles. The Morgan fingerprint density at radius 1 is 1.35 bits per heavy atom. The number of nitrogens with one attached hydrogen (secondary N) is 1. The number of rotatable bonds is 3. The average Bonchev–Trinajstić information content (AvgIpc) is 2.66. The summed E-state index contributed by atoms with van der Waals surface area (Å²) in [6.07, 6.45) is -3.86. The summed E-state index contributed by atoms with van der Waals surface area (Å²) in [5.74, 6) is 0.254. The summed E-state index contributed by atoms with van der Waals surface area (Å²) in [7, 11) is -2.96. The zero-order chi connectivity index (χ0) is 15.0. The van der Waals surface area contributed by atoms with Crippen LogP contribution in [0.4, 0.5) is 24.5 Å². The van der Waals surface area contributed by atoms with Crippen LogP contribution in [0.3, 0.4) is 0 Å². The minimum absolute atomic E-state index is 0.000629. The number of benzene rings is 1. The Bertz CT molecular complexity index is 599. The fourth-order valence-electron chi connectivity index (χ4n) is 2.19. The van der Waals surface area contributed by atoms with Gasteiger partial charge in [-0.25, -0.2) is 8.42 Å². The highest BCUT2D eigenvalue weighted by Crippen LogP contribution is 2.33. The van der Waals surface area contributed by atoms with Gasteiger partial charge in [-0.15, -0.1) is 0 Å². The quantitative estimate of drug-likeness (QED) is 0.839. The summed E-state index contributed by atoms with van der Waals surface area (Å²) in [6, 6.07) is 3.08. The molecule has 1 aliphatic heterocycles. The predicted molar refractivity (Wildman–Crippen MR) is 71.1 cm³/mol. The minimum Gasteiger partial charge on any atom is -0.397 e. The molecule has 3 N–H and O–H groups in total. The van der Waals surface area contributed by atoms with Crippen molar-refractivity contribution in [3.8, 4) is 0 Å². The maximum atomic E-state index is 12.5. The van der Waals surface area contributed by atoms with Crippen LogP contribution in [-0.2, 0) is 16.0 Å². The molecule has 1 aliphatic rings. The van der Waals surface area contributed by atoms with Crippen LogP contribution in [0.15, 0.2) is 18.2 Å². The molecule has 2 rings (SSSR count). The van der Waals surface area contributed by atoms with Crippen molar-refractivity contribution in [3.05, 3.63) is 23.8 Å². The van der Waals surface area contributed by atoms with Gasteiger partial charge in [0.2, 0.25) is 0 Å². The monoisotopic (exact) mass is 308 g/mol. The molecular weight excluding hydrogens is 293 g/mol. The van der Waals surface area contributed by atoms with Crippen LogP contribution in [0.1, 0.15) is 12.0 Å². The van der Waals surface area contributed by atoms with Crippen molar-refractivity contribution in [3.63, 3.8) is 0 Å². The van der Waals surface area contributed by atoms with Crippen LogP contribution >= 0.6 is 0 Å². The van der Waals surface area contributed by atoms with Crippen LogP contribution in [0.2, 0.25) is 0 Å². The summed E-state index contributed by atoms with van der Waals surface area (Å²) in [5.41, 5.74) is 5.17. The third-order valence-electron chi connectivity index (χ3n) is 3.29. The predicted octanol–water partition coefficient (Wildman–Crippen LogP) is 2.13. The summed E-state index contributed by atoms with van der Waals surface area (Å²) < 4.78 is 60.0. The van der Waals surface area contributed by atoms with Crippen LogP contribution in [0.25, 0.3) is 0 Å². The van der Waals surface area contributed by atoms with Crippen LogP contribution in [-0.4, -0.2) is 26.5 Å². The van der Waals surface area contributed by atoms with Crippen molar-refractivity contribution < 1.29 is 21.6 Å². The summed E-state index contributed by atoms with van der Waals surface area (Å²) in [4.78, 5) is 0. The molecule has 1 heterocycles. The van der Waals surface area contributed by atoms with Crippen molar-refractivity contribution in [1.29, 1.82) is 0 Å². The van der Waals surface area contributed by atoms with Gasteiger partial charge in [0.1, 0.15) is 0 Å². The van der Waals surface area contributed by atoms with Crippen LogP contribution in [0, 0.1) is 5.92 Å². The first-order chi connectivity index (χ1) is 9.17. The van der Waals surface area contributed by atoms with Crippen molar-refractivity contribution in [2.24, 2.45) is 5.92 Å². The van der Waals surface area contributed by atoms with Crippen molar-refractivity contribution in [2.75, 3.05) is 29.1 Å². The van der Waals surface area contributed by atoms with Gasteiger partial charge in [-0.05, 0) is 30.5 Å². The van der Waals surface area contributed by atoms with E-state index >= 15 is 0 Å². The van der Waals surface area contributed by atoms with Gasteiger partial charge in [0.25, 0.3) is 0 Å². The van der Waals surface area contributed by atoms with Crippen molar-refractivity contribution in [2.45, 2.75) is 12.6 Å². The van der Waals surface area contributed by atoms with Crippen molar-refractivity contribution in [1.82, 2.24) is 0 Å². The Labute approximate surface area is 115 Å². The largest absolute Gasteiger partial charge is 0.416 e. The molecule has 0 amide bonds. The van der Waals surface area contributed by atoms with Gasteiger partial charge in [0, 0.05) is 6.54 Å². The highest BCUT2D eigenvalue weighted by Gasteiger charge is 2.31. The molecule has 1 unspecified atom stereocenters. The molecule has 1 atom stereocenters. The van der Waals surface area contributed by atoms with E-state index in [2.05, 4.69) is 5.32 Å². The van der Waals surface area contributed by atoms with E-state index in [4.69, 9.17) is 5.73 Å². The van der Waals surface area contributed by atoms with Crippen molar-refractivity contribution >= 4 is 21.2 Å². The lowest BCUT2D eigenvalue weighted by atomic mass is 10.1. The molecule has 1 fully saturated rings. The molecule has 112 valence electrons. The highest BCUT2D eigenvalue weighted by molar-refractivity contribution is 7.91. The molecule has 20 heavy (non-hydrogen) atoms. The molecule has 0 saturated carbocycles. The Hall–Kier alpha value is -1.44. The number of nitrogen functional groups attached to an aromatic ring is 1. The number of halogens is 3. The van der Waals surface area contributed by atoms with Gasteiger partial charge in [-0.2, -0.15) is 13.2 Å². The van der Waals surface area contributed by atoms with E-state index in [0.29, 0.717) is 18.7 Å². The molecule has 0 aromatic heterocycles. The molecule has 8 heteroatoms. The summed E-state index contributed by atoms with van der Waals surface area (Å²) in [6.45, 7) is 0.384. The molecule has 0 radical (unpaired) electrons. The van der Waals surface area contributed by atoms with E-state index in [9.17, 15) is 21.6 Å². The lowest BCUT2D eigenvalue weighted by Gasteiger charge is -2.14. The fourth-order valence-corrected chi connectivity index (χ4v) is 4.05. The SMILES string of the molecule is Nc1cc(C(F)(F)F)ccc1NCC1CCS(=O)(=O)C1. The van der Waals surface area contributed by atoms with E-state index < -0.39 is 21.6 Å². The second-order valence-corrected chi connectivity index (χ2v) is 7.18. The fraction of sp³-hybridized carbons (Fsp3) is 0.500. The Morgan fingerprint density at radius 2 is 2.05 bits per heavy atom. The first-order valence-electron chi connectivity index (χ1n) is 6.08. The first kappa shape index (κ1) is 15.0. The topological polar surface area (TPSA) is 72.2 Å². The number of nitrogens with two attached hydrogens (primary N) is 1. The number of hydrogen-bond acceptors (Lipinski definition) is 4. The third-order valence-corrected chi connectivity index (χ3v) is 5.12. The third kappa shape index (κ3) is 3.56. The second kappa shape index (κ2) is 5.16. The van der Waals surface area contributed by atoms with Crippen LogP contribution < -0.4 is 11.1 Å². The average molecular weight is 308 g/mol. The highest BCUT2D eigenvalue weighted by atomic mass is 32.2. The van der Waals surface area contributed by atoms with Gasteiger partial charge in [0.05, 0.1) is 28.4 Å². The van der Waals surface area contributed by atoms with E-state index in [0.717, 1.165) is 12.1 Å². The van der Waals surface area contributed by atoms with E-state index in [1.54, 1.807) is 0 Å². The van der Waals surface area contributed by atoms with Crippen LogP contribution in [0.5, 0.6) is 0 Å². The maximum Gasteiger partial charge on any atom is 0.416 e. The molecule has 0 aliphatic carbocycles. The maximum absolute atomic E-state index is 12.5. The minimum atomic E-state index is -4.42. The molecule has 0 spiro atoms. The smallest absolute Gasteiger partial charge is 0.397 e. The Balaban J connectivity index is 2.01. The Morgan fingerprint density at radius 3 is 2.55 bits per heavy atom. The molecule has 4 nitrogen and oxygen atoms in total. The van der Waals surface area contributed by atoms with E-state index in [1.165, 1.54) is 6.07 Å². The van der Waals surface area contributed by atoms with Gasteiger partial charge in [0.15, 0.2) is 9.84 Å². The number of alkyl halides is 3. The number of sulfone groups is 1. The summed E-state index contributed by atoms with van der Waals surface area (Å²) >= 11 is 0. The lowest BCUT2D eigenvalue weighted by molar-refractivity contribution is -0.137. The normalized spacial score (nSPS) is 21.9. The van der Waals surface area contributed by atoms with E-state index in [1.807, 2.05) is 0 Å². The second-order valence-electron chi connectivity index (χ2n) is 4.95. The summed E-state index contributed by atoms with van der Waals surface area (Å²) in [5, 5.41) is 2.91. The molecule has 1 saturated heterocycles. The van der Waals surface area contributed by atoms with Gasteiger partial charge in [-0.3, -0.25) is 0 Å². The zero-order valence-corrected chi connectivity index (χ0v) is 11.4. The molecule has 0 bridgehead atoms. The molecule has 1 aromatic rings. The number of anilines is 2. The van der Waals surface area contributed by atoms with E-state index in [-0.39, 0.29) is 23.1 Å². The molecular formula is C12H15F3N2O2S. The standard InChI is InChI=1S/C12H15F3N2O2S/c13-12(14,15)9-1-2-11(10(16)5-9)17-6-8-3-4-20(18,19)7-8/h1-2,5,8,17H,3-4,6-7,16H2. The van der Waals surface area contributed by atoms with Gasteiger partial charge < -0.3 is 11.1 Å². The zero-order valence-electron chi connectivity index (χ0n) is 10.6. The van der Waals surface area contributed by atoms with Gasteiger partial charge in [-0.1, -0.05) is 0 Å². The number of hydrogen-bond donors (Lipinski definition) is 2. The first-order valence-corrected chi connectivity index (χ1v) is 7.90. The van der Waals surface area contributed by atoms with Gasteiger partial charge >= 0.3 is 6.18 Å². The lowest BCUT2D eigenvalue weighted by Crippen LogP contribution is -2.16. The Kier molecular flexibility index (Phi) is 3.86.